The van der Waals surface area contributed by atoms with Crippen molar-refractivity contribution in [1.29, 1.82) is 0 Å². The zero-order valence-corrected chi connectivity index (χ0v) is 8.13. The number of rotatable bonds is 1. The first-order valence-electron chi connectivity index (χ1n) is 4.77. The van der Waals surface area contributed by atoms with Gasteiger partial charge in [-0.15, -0.1) is 0 Å². The quantitative estimate of drug-likeness (QED) is 0.628. The molecule has 2 aliphatic heterocycles. The third-order valence-electron chi connectivity index (χ3n) is 3.10. The molecule has 0 spiro atoms. The van der Waals surface area contributed by atoms with Crippen LogP contribution in [0.2, 0.25) is 0 Å². The van der Waals surface area contributed by atoms with Gasteiger partial charge in [0, 0.05) is 26.6 Å². The Hall–Kier alpha value is -0.900. The zero-order valence-electron chi connectivity index (χ0n) is 8.13. The number of hydrazone groups is 1. The number of hydrogen-bond acceptors (Lipinski definition) is 3. The van der Waals surface area contributed by atoms with Crippen molar-refractivity contribution in [3.8, 4) is 0 Å². The van der Waals surface area contributed by atoms with Crippen molar-refractivity contribution in [1.82, 2.24) is 10.3 Å². The average Bonchev–Trinajstić information content (AvgIpc) is 2.41. The molecule has 1 saturated heterocycles. The van der Waals surface area contributed by atoms with Crippen molar-refractivity contribution in [2.45, 2.75) is 19.8 Å². The molecule has 1 amide bonds. The first-order chi connectivity index (χ1) is 6.20. The number of carbonyl (C=O) groups excluding carboxylic acids is 1. The number of piperidine rings is 1. The van der Waals surface area contributed by atoms with Gasteiger partial charge in [0.15, 0.2) is 0 Å². The first-order valence-corrected chi connectivity index (χ1v) is 4.77. The Morgan fingerprint density at radius 1 is 1.69 bits per heavy atom. The van der Waals surface area contributed by atoms with Gasteiger partial charge in [0.1, 0.15) is 5.41 Å². The Labute approximate surface area is 78.0 Å². The average molecular weight is 181 g/mol. The van der Waals surface area contributed by atoms with E-state index in [1.807, 2.05) is 0 Å². The summed E-state index contributed by atoms with van der Waals surface area (Å²) in [5.41, 5.74) is 0.758. The molecule has 1 fully saturated rings. The summed E-state index contributed by atoms with van der Waals surface area (Å²) >= 11 is 0. The van der Waals surface area contributed by atoms with Crippen LogP contribution in [-0.2, 0) is 4.79 Å². The van der Waals surface area contributed by atoms with Crippen molar-refractivity contribution in [2.75, 3.05) is 20.1 Å². The Kier molecular flexibility index (Phi) is 1.87. The molecule has 0 radical (unpaired) electrons. The molecule has 0 bridgehead atoms. The van der Waals surface area contributed by atoms with E-state index in [2.05, 4.69) is 17.3 Å². The molecule has 0 saturated carbocycles. The number of carbonyl (C=O) groups is 1. The molecule has 1 N–H and O–H groups in total. The fourth-order valence-corrected chi connectivity index (χ4v) is 2.21. The summed E-state index contributed by atoms with van der Waals surface area (Å²) in [6.45, 7) is 3.76. The second-order valence-corrected chi connectivity index (χ2v) is 3.74. The highest BCUT2D eigenvalue weighted by Crippen LogP contribution is 2.34. The van der Waals surface area contributed by atoms with Crippen LogP contribution >= 0.6 is 0 Å². The molecule has 0 aromatic carbocycles. The summed E-state index contributed by atoms with van der Waals surface area (Å²) in [5, 5.41) is 9.06. The predicted octanol–water partition coefficient (Wildman–Crippen LogP) is 0.204. The van der Waals surface area contributed by atoms with Gasteiger partial charge in [-0.05, 0) is 6.42 Å². The van der Waals surface area contributed by atoms with Gasteiger partial charge in [-0.25, -0.2) is 5.01 Å². The highest BCUT2D eigenvalue weighted by molar-refractivity contribution is 6.12. The number of nitrogens with one attached hydrogen (secondary N) is 1. The van der Waals surface area contributed by atoms with E-state index in [-0.39, 0.29) is 11.3 Å². The second kappa shape index (κ2) is 2.80. The molecule has 2 rings (SSSR count). The summed E-state index contributed by atoms with van der Waals surface area (Å²) in [5.74, 6) is 0.150. The van der Waals surface area contributed by atoms with Crippen LogP contribution in [0.15, 0.2) is 5.10 Å². The summed E-state index contributed by atoms with van der Waals surface area (Å²) in [6.07, 6.45) is 1.76. The van der Waals surface area contributed by atoms with Crippen molar-refractivity contribution in [3.05, 3.63) is 0 Å². The fourth-order valence-electron chi connectivity index (χ4n) is 2.21. The predicted molar refractivity (Wildman–Crippen MR) is 50.4 cm³/mol. The van der Waals surface area contributed by atoms with Gasteiger partial charge >= 0.3 is 0 Å². The molecule has 72 valence electrons. The van der Waals surface area contributed by atoms with Crippen LogP contribution in [0, 0.1) is 5.41 Å². The minimum Gasteiger partial charge on any atom is -0.315 e. The maximum Gasteiger partial charge on any atom is 0.255 e. The Morgan fingerprint density at radius 2 is 2.46 bits per heavy atom. The molecule has 1 atom stereocenters. The van der Waals surface area contributed by atoms with Gasteiger partial charge in [-0.3, -0.25) is 4.79 Å². The number of hydrogen-bond donors (Lipinski definition) is 1. The maximum atomic E-state index is 11.9. The van der Waals surface area contributed by atoms with Gasteiger partial charge in [-0.1, -0.05) is 6.92 Å². The smallest absolute Gasteiger partial charge is 0.255 e. The van der Waals surface area contributed by atoms with Crippen molar-refractivity contribution >= 4 is 11.6 Å². The lowest BCUT2D eigenvalue weighted by Crippen LogP contribution is -2.50. The SMILES string of the molecule is CC[C@@]12CNCCC1=NN(C)C2=O. The molecule has 0 aromatic rings. The highest BCUT2D eigenvalue weighted by Gasteiger charge is 2.49. The molecule has 0 aliphatic carbocycles. The first kappa shape index (κ1) is 8.69. The monoisotopic (exact) mass is 181 g/mol. The van der Waals surface area contributed by atoms with Crippen LogP contribution < -0.4 is 5.32 Å². The van der Waals surface area contributed by atoms with E-state index < -0.39 is 0 Å². The largest absolute Gasteiger partial charge is 0.315 e. The molecule has 0 aromatic heterocycles. The number of fused-ring (bicyclic) bond motifs is 1. The maximum absolute atomic E-state index is 11.9. The van der Waals surface area contributed by atoms with E-state index in [0.29, 0.717) is 0 Å². The number of amides is 1. The van der Waals surface area contributed by atoms with E-state index in [9.17, 15) is 4.79 Å². The fraction of sp³-hybridized carbons (Fsp3) is 0.778. The van der Waals surface area contributed by atoms with E-state index in [4.69, 9.17) is 0 Å². The van der Waals surface area contributed by atoms with Crippen LogP contribution in [-0.4, -0.2) is 36.8 Å². The molecular weight excluding hydrogens is 166 g/mol. The minimum absolute atomic E-state index is 0.150. The standard InChI is InChI=1S/C9H15N3O/c1-3-9-6-10-5-4-7(9)11-12(2)8(9)13/h10H,3-6H2,1-2H3/t9-/m1/s1. The summed E-state index contributed by atoms with van der Waals surface area (Å²) in [6, 6.07) is 0. The van der Waals surface area contributed by atoms with Gasteiger partial charge in [0.05, 0.1) is 5.71 Å². The Bertz CT molecular complexity index is 274. The zero-order chi connectivity index (χ0) is 9.47. The van der Waals surface area contributed by atoms with Crippen LogP contribution in [0.25, 0.3) is 0 Å². The van der Waals surface area contributed by atoms with Crippen LogP contribution in [0.3, 0.4) is 0 Å². The lowest BCUT2D eigenvalue weighted by molar-refractivity contribution is -0.135. The molecule has 2 aliphatic rings. The van der Waals surface area contributed by atoms with Crippen molar-refractivity contribution in [2.24, 2.45) is 10.5 Å². The van der Waals surface area contributed by atoms with Gasteiger partial charge in [-0.2, -0.15) is 5.10 Å². The lowest BCUT2D eigenvalue weighted by Gasteiger charge is -2.31. The van der Waals surface area contributed by atoms with Crippen molar-refractivity contribution in [3.63, 3.8) is 0 Å². The van der Waals surface area contributed by atoms with Crippen LogP contribution in [0.1, 0.15) is 19.8 Å². The normalized spacial score (nSPS) is 33.2. The van der Waals surface area contributed by atoms with Crippen molar-refractivity contribution < 1.29 is 4.79 Å². The minimum atomic E-state index is -0.312. The lowest BCUT2D eigenvalue weighted by atomic mass is 9.76. The third-order valence-corrected chi connectivity index (χ3v) is 3.10. The molecular formula is C9H15N3O. The van der Waals surface area contributed by atoms with E-state index in [1.165, 1.54) is 5.01 Å². The van der Waals surface area contributed by atoms with Crippen LogP contribution in [0.5, 0.6) is 0 Å². The van der Waals surface area contributed by atoms with Gasteiger partial charge in [0.25, 0.3) is 5.91 Å². The van der Waals surface area contributed by atoms with Gasteiger partial charge < -0.3 is 5.32 Å². The summed E-state index contributed by atoms with van der Waals surface area (Å²) in [7, 11) is 1.74. The molecule has 0 unspecified atom stereocenters. The molecule has 4 heteroatoms. The molecule has 2 heterocycles. The number of nitrogens with zero attached hydrogens (tertiary/aromatic N) is 2. The van der Waals surface area contributed by atoms with E-state index >= 15 is 0 Å². The third kappa shape index (κ3) is 1.01. The summed E-state index contributed by atoms with van der Waals surface area (Å²) in [4.78, 5) is 11.9. The van der Waals surface area contributed by atoms with E-state index in [1.54, 1.807) is 7.05 Å². The second-order valence-electron chi connectivity index (χ2n) is 3.74. The van der Waals surface area contributed by atoms with Crippen LogP contribution in [0.4, 0.5) is 0 Å². The summed E-state index contributed by atoms with van der Waals surface area (Å²) < 4.78 is 0. The molecule has 4 nitrogen and oxygen atoms in total. The van der Waals surface area contributed by atoms with E-state index in [0.717, 1.165) is 31.6 Å². The Morgan fingerprint density at radius 3 is 3.08 bits per heavy atom. The highest BCUT2D eigenvalue weighted by atomic mass is 16.2. The molecule has 13 heavy (non-hydrogen) atoms. The topological polar surface area (TPSA) is 44.7 Å². The Balaban J connectivity index is 2.37. The van der Waals surface area contributed by atoms with Gasteiger partial charge in [0.2, 0.25) is 0 Å².